The summed E-state index contributed by atoms with van der Waals surface area (Å²) in [5.74, 6) is -0.206. The first kappa shape index (κ1) is 17.6. The number of hydrogen-bond acceptors (Lipinski definition) is 5. The number of benzene rings is 2. The van der Waals surface area contributed by atoms with Crippen LogP contribution in [0.2, 0.25) is 0 Å². The van der Waals surface area contributed by atoms with Gasteiger partial charge < -0.3 is 16.0 Å². The Morgan fingerprint density at radius 1 is 0.885 bits per heavy atom. The average molecular weight is 366 g/mol. The molecular weight excluding hydrogens is 348 g/mol. The quantitative estimate of drug-likeness (QED) is 0.622. The molecule has 0 unspecified atom stereocenters. The Bertz CT molecular complexity index is 935. The number of carbonyl (C=O) groups excluding carboxylic acids is 2. The molecule has 0 saturated carbocycles. The van der Waals surface area contributed by atoms with Crippen molar-refractivity contribution in [3.05, 3.63) is 53.9 Å². The number of carbonyl (C=O) groups is 2. The molecule has 0 fully saturated rings. The van der Waals surface area contributed by atoms with Crippen LogP contribution in [0.25, 0.3) is 11.3 Å². The van der Waals surface area contributed by atoms with Gasteiger partial charge in [0.1, 0.15) is 0 Å². The van der Waals surface area contributed by atoms with Crippen LogP contribution in [-0.2, 0) is 9.59 Å². The van der Waals surface area contributed by atoms with Crippen LogP contribution in [-0.4, -0.2) is 16.8 Å². The topological polar surface area (TPSA) is 83.1 Å². The van der Waals surface area contributed by atoms with Crippen molar-refractivity contribution in [2.24, 2.45) is 0 Å². The number of amides is 2. The molecule has 0 atom stereocenters. The number of anilines is 4. The summed E-state index contributed by atoms with van der Waals surface area (Å²) >= 11 is 1.49. The van der Waals surface area contributed by atoms with Crippen molar-refractivity contribution in [2.75, 3.05) is 16.0 Å². The van der Waals surface area contributed by atoms with E-state index >= 15 is 0 Å². The third kappa shape index (κ3) is 4.67. The zero-order valence-electron chi connectivity index (χ0n) is 14.4. The second-order valence-corrected chi connectivity index (χ2v) is 6.54. The monoisotopic (exact) mass is 366 g/mol. The van der Waals surface area contributed by atoms with Gasteiger partial charge in [-0.2, -0.15) is 0 Å². The SMILES string of the molecule is CC(=O)Nc1ccc(Nc2nc(-c3cccc(NC(C)=O)c3)cs2)cc1. The van der Waals surface area contributed by atoms with Gasteiger partial charge in [-0.3, -0.25) is 9.59 Å². The van der Waals surface area contributed by atoms with Crippen LogP contribution in [0.4, 0.5) is 22.2 Å². The highest BCUT2D eigenvalue weighted by Gasteiger charge is 2.06. The third-order valence-corrected chi connectivity index (χ3v) is 4.20. The van der Waals surface area contributed by atoms with Gasteiger partial charge in [0.25, 0.3) is 0 Å². The van der Waals surface area contributed by atoms with Gasteiger partial charge in [0, 0.05) is 41.9 Å². The molecule has 0 spiro atoms. The Morgan fingerprint density at radius 3 is 2.23 bits per heavy atom. The maximum absolute atomic E-state index is 11.2. The van der Waals surface area contributed by atoms with Gasteiger partial charge in [-0.05, 0) is 36.4 Å². The number of nitrogens with one attached hydrogen (secondary N) is 3. The molecule has 1 aromatic heterocycles. The van der Waals surface area contributed by atoms with Gasteiger partial charge in [-0.15, -0.1) is 11.3 Å². The largest absolute Gasteiger partial charge is 0.332 e. The second kappa shape index (κ2) is 7.79. The molecule has 3 aromatic rings. The minimum Gasteiger partial charge on any atom is -0.332 e. The van der Waals surface area contributed by atoms with E-state index < -0.39 is 0 Å². The third-order valence-electron chi connectivity index (χ3n) is 3.44. The van der Waals surface area contributed by atoms with Crippen molar-refractivity contribution in [3.63, 3.8) is 0 Å². The van der Waals surface area contributed by atoms with Gasteiger partial charge in [0.2, 0.25) is 11.8 Å². The van der Waals surface area contributed by atoms with Crippen LogP contribution in [0.5, 0.6) is 0 Å². The lowest BCUT2D eigenvalue weighted by atomic mass is 10.1. The lowest BCUT2D eigenvalue weighted by Gasteiger charge is -2.05. The molecule has 0 saturated heterocycles. The van der Waals surface area contributed by atoms with E-state index in [1.807, 2.05) is 53.9 Å². The Kier molecular flexibility index (Phi) is 5.28. The van der Waals surface area contributed by atoms with Crippen LogP contribution in [0.15, 0.2) is 53.9 Å². The van der Waals surface area contributed by atoms with Crippen molar-refractivity contribution in [2.45, 2.75) is 13.8 Å². The van der Waals surface area contributed by atoms with Crippen molar-refractivity contribution < 1.29 is 9.59 Å². The number of nitrogens with zero attached hydrogens (tertiary/aromatic N) is 1. The predicted octanol–water partition coefficient (Wildman–Crippen LogP) is 4.47. The molecule has 1 heterocycles. The predicted molar refractivity (Wildman–Crippen MR) is 106 cm³/mol. The van der Waals surface area contributed by atoms with E-state index in [9.17, 15) is 9.59 Å². The summed E-state index contributed by atoms with van der Waals surface area (Å²) in [4.78, 5) is 26.8. The number of aromatic nitrogens is 1. The van der Waals surface area contributed by atoms with Crippen LogP contribution >= 0.6 is 11.3 Å². The van der Waals surface area contributed by atoms with E-state index in [2.05, 4.69) is 20.9 Å². The molecule has 2 amide bonds. The molecule has 0 aliphatic rings. The summed E-state index contributed by atoms with van der Waals surface area (Å²) in [6, 6.07) is 15.0. The summed E-state index contributed by atoms with van der Waals surface area (Å²) < 4.78 is 0. The molecule has 6 nitrogen and oxygen atoms in total. The fourth-order valence-electron chi connectivity index (χ4n) is 2.39. The van der Waals surface area contributed by atoms with Crippen molar-refractivity contribution in [1.29, 1.82) is 0 Å². The van der Waals surface area contributed by atoms with Crippen molar-refractivity contribution in [3.8, 4) is 11.3 Å². The molecule has 0 aliphatic carbocycles. The number of rotatable bonds is 5. The van der Waals surface area contributed by atoms with Gasteiger partial charge in [-0.1, -0.05) is 12.1 Å². The van der Waals surface area contributed by atoms with Gasteiger partial charge in [0.05, 0.1) is 5.69 Å². The first-order valence-corrected chi connectivity index (χ1v) is 8.86. The molecule has 3 rings (SSSR count). The van der Waals surface area contributed by atoms with E-state index in [0.29, 0.717) is 0 Å². The molecule has 132 valence electrons. The smallest absolute Gasteiger partial charge is 0.221 e. The van der Waals surface area contributed by atoms with E-state index in [-0.39, 0.29) is 11.8 Å². The molecule has 26 heavy (non-hydrogen) atoms. The first-order valence-electron chi connectivity index (χ1n) is 7.98. The lowest BCUT2D eigenvalue weighted by molar-refractivity contribution is -0.115. The van der Waals surface area contributed by atoms with Crippen LogP contribution in [0, 0.1) is 0 Å². The zero-order valence-corrected chi connectivity index (χ0v) is 15.2. The zero-order chi connectivity index (χ0) is 18.5. The van der Waals surface area contributed by atoms with Gasteiger partial charge in [-0.25, -0.2) is 4.98 Å². The molecule has 2 aromatic carbocycles. The maximum Gasteiger partial charge on any atom is 0.221 e. The van der Waals surface area contributed by atoms with Crippen LogP contribution < -0.4 is 16.0 Å². The highest BCUT2D eigenvalue weighted by atomic mass is 32.1. The van der Waals surface area contributed by atoms with E-state index in [1.165, 1.54) is 25.2 Å². The average Bonchev–Trinajstić information content (AvgIpc) is 3.04. The Balaban J connectivity index is 1.72. The fraction of sp³-hybridized carbons (Fsp3) is 0.105. The minimum atomic E-state index is -0.106. The summed E-state index contributed by atoms with van der Waals surface area (Å²) in [7, 11) is 0. The van der Waals surface area contributed by atoms with E-state index in [4.69, 9.17) is 0 Å². The number of hydrogen-bond donors (Lipinski definition) is 3. The van der Waals surface area contributed by atoms with Crippen molar-refractivity contribution >= 4 is 45.3 Å². The summed E-state index contributed by atoms with van der Waals surface area (Å²) in [5.41, 5.74) is 4.14. The standard InChI is InChI=1S/C19H18N4O2S/c1-12(24)20-15-6-8-16(9-7-15)22-19-23-18(11-26-19)14-4-3-5-17(10-14)21-13(2)25/h3-11H,1-2H3,(H,20,24)(H,21,25)(H,22,23). The Labute approximate surface area is 155 Å². The molecule has 3 N–H and O–H groups in total. The normalized spacial score (nSPS) is 10.2. The highest BCUT2D eigenvalue weighted by molar-refractivity contribution is 7.14. The molecule has 0 aliphatic heterocycles. The van der Waals surface area contributed by atoms with Crippen molar-refractivity contribution in [1.82, 2.24) is 4.98 Å². The molecular formula is C19H18N4O2S. The van der Waals surface area contributed by atoms with E-state index in [0.717, 1.165) is 33.5 Å². The molecule has 0 bridgehead atoms. The first-order chi connectivity index (χ1) is 12.5. The van der Waals surface area contributed by atoms with Crippen LogP contribution in [0.1, 0.15) is 13.8 Å². The Morgan fingerprint density at radius 2 is 1.54 bits per heavy atom. The van der Waals surface area contributed by atoms with Gasteiger partial charge >= 0.3 is 0 Å². The van der Waals surface area contributed by atoms with E-state index in [1.54, 1.807) is 0 Å². The second-order valence-electron chi connectivity index (χ2n) is 5.68. The summed E-state index contributed by atoms with van der Waals surface area (Å²) in [6.45, 7) is 2.96. The fourth-order valence-corrected chi connectivity index (χ4v) is 3.13. The number of thiazole rings is 1. The van der Waals surface area contributed by atoms with Crippen LogP contribution in [0.3, 0.4) is 0 Å². The summed E-state index contributed by atoms with van der Waals surface area (Å²) in [6.07, 6.45) is 0. The molecule has 0 radical (unpaired) electrons. The summed E-state index contributed by atoms with van der Waals surface area (Å²) in [5, 5.41) is 11.5. The minimum absolute atomic E-state index is 0.100. The Hall–Kier alpha value is -3.19. The lowest BCUT2D eigenvalue weighted by Crippen LogP contribution is -2.05. The highest BCUT2D eigenvalue weighted by Crippen LogP contribution is 2.29. The maximum atomic E-state index is 11.2. The molecule has 7 heteroatoms. The van der Waals surface area contributed by atoms with Gasteiger partial charge in [0.15, 0.2) is 5.13 Å².